The molecule has 0 spiro atoms. The van der Waals surface area contributed by atoms with Crippen LogP contribution in [0.4, 0.5) is 11.5 Å². The van der Waals surface area contributed by atoms with Crippen LogP contribution < -0.4 is 20.5 Å². The Morgan fingerprint density at radius 1 is 1.06 bits per heavy atom. The molecule has 162 valence electrons. The topological polar surface area (TPSA) is 95.7 Å². The molecule has 3 N–H and O–H groups in total. The van der Waals surface area contributed by atoms with Crippen molar-refractivity contribution >= 4 is 17.4 Å². The number of hydrogen-bond donors (Lipinski definition) is 2. The molecule has 0 aliphatic heterocycles. The first-order chi connectivity index (χ1) is 15.0. The first-order valence-electron chi connectivity index (χ1n) is 10.1. The van der Waals surface area contributed by atoms with Crippen molar-refractivity contribution in [2.24, 2.45) is 0 Å². The van der Waals surface area contributed by atoms with Gasteiger partial charge in [0.05, 0.1) is 24.5 Å². The zero-order chi connectivity index (χ0) is 22.2. The van der Waals surface area contributed by atoms with Crippen LogP contribution in [-0.4, -0.2) is 24.6 Å². The quantitative estimate of drug-likeness (QED) is 0.507. The smallest absolute Gasteiger partial charge is 0.259 e. The average Bonchev–Trinajstić information content (AvgIpc) is 2.76. The van der Waals surface area contributed by atoms with Gasteiger partial charge in [-0.05, 0) is 61.4 Å². The van der Waals surface area contributed by atoms with E-state index in [1.807, 2.05) is 31.2 Å². The van der Waals surface area contributed by atoms with Crippen LogP contribution in [-0.2, 0) is 11.3 Å². The Morgan fingerprint density at radius 2 is 1.81 bits per heavy atom. The molecule has 3 rings (SSSR count). The lowest BCUT2D eigenvalue weighted by atomic mass is 10.1. The number of anilines is 2. The first kappa shape index (κ1) is 22.1. The lowest BCUT2D eigenvalue weighted by molar-refractivity contribution is 0.102. The summed E-state index contributed by atoms with van der Waals surface area (Å²) in [6.07, 6.45) is 0.941. The highest BCUT2D eigenvalue weighted by atomic mass is 16.5. The van der Waals surface area contributed by atoms with Gasteiger partial charge in [-0.15, -0.1) is 0 Å². The molecule has 0 atom stereocenters. The van der Waals surface area contributed by atoms with Crippen LogP contribution in [0.3, 0.4) is 0 Å². The van der Waals surface area contributed by atoms with Crippen LogP contribution in [0.5, 0.6) is 17.2 Å². The number of aromatic nitrogens is 1. The van der Waals surface area contributed by atoms with Crippen molar-refractivity contribution in [2.75, 3.05) is 24.8 Å². The number of nitrogens with two attached hydrogens (primary N) is 1. The number of rotatable bonds is 9. The van der Waals surface area contributed by atoms with Gasteiger partial charge in [0.15, 0.2) is 0 Å². The molecule has 7 heteroatoms. The maximum atomic E-state index is 12.6. The third-order valence-corrected chi connectivity index (χ3v) is 4.50. The highest BCUT2D eigenvalue weighted by Gasteiger charge is 2.14. The molecular formula is C24H27N3O4. The normalized spacial score (nSPS) is 10.5. The van der Waals surface area contributed by atoms with E-state index in [0.29, 0.717) is 41.7 Å². The highest BCUT2D eigenvalue weighted by molar-refractivity contribution is 6.07. The molecule has 0 fully saturated rings. The molecule has 31 heavy (non-hydrogen) atoms. The fraction of sp³-hybridized carbons (Fsp3) is 0.250. The Morgan fingerprint density at radius 3 is 2.52 bits per heavy atom. The van der Waals surface area contributed by atoms with Crippen LogP contribution in [0, 0.1) is 6.92 Å². The van der Waals surface area contributed by atoms with Gasteiger partial charge in [-0.1, -0.05) is 13.0 Å². The number of hydrogen-bond acceptors (Lipinski definition) is 6. The van der Waals surface area contributed by atoms with Crippen LogP contribution >= 0.6 is 0 Å². The fourth-order valence-corrected chi connectivity index (χ4v) is 2.92. The Hall–Kier alpha value is -3.58. The van der Waals surface area contributed by atoms with E-state index in [0.717, 1.165) is 17.7 Å². The number of methoxy groups -OCH3 is 1. The summed E-state index contributed by atoms with van der Waals surface area (Å²) in [6.45, 7) is 4.93. The number of carbonyl (C=O) groups is 1. The Kier molecular flexibility index (Phi) is 7.45. The van der Waals surface area contributed by atoms with E-state index >= 15 is 0 Å². The SMILES string of the molecule is CCCOc1cccc(Oc2ccc(NC(=O)c3cc(C)c(COC)nc3N)cc2)c1. The van der Waals surface area contributed by atoms with Crippen molar-refractivity contribution in [2.45, 2.75) is 26.9 Å². The van der Waals surface area contributed by atoms with Gasteiger partial charge >= 0.3 is 0 Å². The molecule has 0 saturated heterocycles. The van der Waals surface area contributed by atoms with Crippen molar-refractivity contribution in [3.8, 4) is 17.2 Å². The van der Waals surface area contributed by atoms with Crippen LogP contribution in [0.25, 0.3) is 0 Å². The molecule has 0 aliphatic carbocycles. The molecule has 0 aliphatic rings. The number of nitrogens with one attached hydrogen (secondary N) is 1. The minimum absolute atomic E-state index is 0.167. The predicted octanol–water partition coefficient (Wildman–Crippen LogP) is 4.95. The first-order valence-corrected chi connectivity index (χ1v) is 10.1. The van der Waals surface area contributed by atoms with Crippen molar-refractivity contribution in [1.82, 2.24) is 4.98 Å². The Balaban J connectivity index is 1.66. The van der Waals surface area contributed by atoms with E-state index in [2.05, 4.69) is 17.2 Å². The second kappa shape index (κ2) is 10.4. The van der Waals surface area contributed by atoms with Gasteiger partial charge in [0.25, 0.3) is 5.91 Å². The monoisotopic (exact) mass is 421 g/mol. The van der Waals surface area contributed by atoms with E-state index in [1.54, 1.807) is 37.4 Å². The second-order valence-electron chi connectivity index (χ2n) is 7.02. The van der Waals surface area contributed by atoms with Gasteiger partial charge in [0.1, 0.15) is 23.1 Å². The minimum atomic E-state index is -0.327. The third-order valence-electron chi connectivity index (χ3n) is 4.50. The molecule has 1 aromatic heterocycles. The van der Waals surface area contributed by atoms with E-state index in [9.17, 15) is 4.79 Å². The summed E-state index contributed by atoms with van der Waals surface area (Å²) < 4.78 is 16.6. The molecular weight excluding hydrogens is 394 g/mol. The summed E-state index contributed by atoms with van der Waals surface area (Å²) >= 11 is 0. The number of aryl methyl sites for hydroxylation is 1. The third kappa shape index (κ3) is 5.96. The lowest BCUT2D eigenvalue weighted by Crippen LogP contribution is -2.16. The molecule has 0 bridgehead atoms. The summed E-state index contributed by atoms with van der Waals surface area (Å²) in [4.78, 5) is 16.9. The largest absolute Gasteiger partial charge is 0.493 e. The number of nitrogen functional groups attached to an aromatic ring is 1. The summed E-state index contributed by atoms with van der Waals surface area (Å²) in [5.41, 5.74) is 8.46. The summed E-state index contributed by atoms with van der Waals surface area (Å²) in [5, 5.41) is 2.84. The molecule has 3 aromatic rings. The number of ether oxygens (including phenoxy) is 3. The molecule has 7 nitrogen and oxygen atoms in total. The number of benzene rings is 2. The van der Waals surface area contributed by atoms with Gasteiger partial charge in [0, 0.05) is 18.9 Å². The number of pyridine rings is 1. The van der Waals surface area contributed by atoms with Gasteiger partial charge in [-0.2, -0.15) is 0 Å². The lowest BCUT2D eigenvalue weighted by Gasteiger charge is -2.12. The predicted molar refractivity (Wildman–Crippen MR) is 121 cm³/mol. The molecule has 2 aromatic carbocycles. The maximum absolute atomic E-state index is 12.6. The van der Waals surface area contributed by atoms with Gasteiger partial charge in [-0.25, -0.2) is 4.98 Å². The Labute approximate surface area is 182 Å². The van der Waals surface area contributed by atoms with Crippen LogP contribution in [0.1, 0.15) is 35.0 Å². The van der Waals surface area contributed by atoms with E-state index in [4.69, 9.17) is 19.9 Å². The molecule has 0 radical (unpaired) electrons. The molecule has 1 amide bonds. The van der Waals surface area contributed by atoms with Crippen molar-refractivity contribution in [3.63, 3.8) is 0 Å². The van der Waals surface area contributed by atoms with E-state index in [-0.39, 0.29) is 11.7 Å². The van der Waals surface area contributed by atoms with Crippen molar-refractivity contribution in [3.05, 3.63) is 71.4 Å². The number of carbonyl (C=O) groups excluding carboxylic acids is 1. The number of nitrogens with zero attached hydrogens (tertiary/aromatic N) is 1. The number of amides is 1. The van der Waals surface area contributed by atoms with Gasteiger partial charge < -0.3 is 25.3 Å². The van der Waals surface area contributed by atoms with Gasteiger partial charge in [-0.3, -0.25) is 4.79 Å². The summed E-state index contributed by atoms with van der Waals surface area (Å²) in [6, 6.07) is 16.3. The maximum Gasteiger partial charge on any atom is 0.259 e. The second-order valence-corrected chi connectivity index (χ2v) is 7.02. The van der Waals surface area contributed by atoms with Gasteiger partial charge in [0.2, 0.25) is 0 Å². The van der Waals surface area contributed by atoms with Crippen LogP contribution in [0.2, 0.25) is 0 Å². The summed E-state index contributed by atoms with van der Waals surface area (Å²) in [5.74, 6) is 1.93. The fourth-order valence-electron chi connectivity index (χ4n) is 2.92. The summed E-state index contributed by atoms with van der Waals surface area (Å²) in [7, 11) is 1.59. The molecule has 0 saturated carbocycles. The minimum Gasteiger partial charge on any atom is -0.493 e. The Bertz CT molecular complexity index is 1040. The molecule has 1 heterocycles. The standard InChI is InChI=1S/C24H27N3O4/c1-4-12-30-19-6-5-7-20(14-19)31-18-10-8-17(9-11-18)26-24(28)21-13-16(2)22(15-29-3)27-23(21)25/h5-11,13-14H,4,12,15H2,1-3H3,(H2,25,27)(H,26,28). The van der Waals surface area contributed by atoms with Crippen molar-refractivity contribution < 1.29 is 19.0 Å². The highest BCUT2D eigenvalue weighted by Crippen LogP contribution is 2.27. The zero-order valence-corrected chi connectivity index (χ0v) is 18.0. The zero-order valence-electron chi connectivity index (χ0n) is 18.0. The van der Waals surface area contributed by atoms with E-state index in [1.165, 1.54) is 0 Å². The molecule has 0 unspecified atom stereocenters. The van der Waals surface area contributed by atoms with Crippen molar-refractivity contribution in [1.29, 1.82) is 0 Å². The van der Waals surface area contributed by atoms with E-state index < -0.39 is 0 Å². The average molecular weight is 421 g/mol. The van der Waals surface area contributed by atoms with Crippen LogP contribution in [0.15, 0.2) is 54.6 Å².